The van der Waals surface area contributed by atoms with Gasteiger partial charge >= 0.3 is 0 Å². The van der Waals surface area contributed by atoms with Crippen molar-refractivity contribution in [2.75, 3.05) is 52.9 Å². The fourth-order valence-electron chi connectivity index (χ4n) is 5.29. The quantitative estimate of drug-likeness (QED) is 0.610. The van der Waals surface area contributed by atoms with Crippen molar-refractivity contribution in [3.8, 4) is 0 Å². The van der Waals surface area contributed by atoms with Gasteiger partial charge in [0.25, 0.3) is 0 Å². The molecule has 6 nitrogen and oxygen atoms in total. The lowest BCUT2D eigenvalue weighted by Crippen LogP contribution is -2.57. The Morgan fingerprint density at radius 3 is 2.53 bits per heavy atom. The maximum atomic E-state index is 12.7. The standard InChI is InChI=1S/C24H37N5O/c1-19(23(30)28-12-5-6-13-28)27-14-16-29(17-15-27)24(25-2)26-18-21-10-7-9-20-8-3-4-11-22(20)21/h3-4,8,11,19,21H,5-7,9-10,12-18H2,1-2H3,(H,25,26). The third-order valence-corrected chi connectivity index (χ3v) is 7.15. The van der Waals surface area contributed by atoms with E-state index >= 15 is 0 Å². The van der Waals surface area contributed by atoms with Gasteiger partial charge in [-0.05, 0) is 50.2 Å². The van der Waals surface area contributed by atoms with Crippen LogP contribution in [0, 0.1) is 0 Å². The molecule has 2 heterocycles. The van der Waals surface area contributed by atoms with E-state index in [1.165, 1.54) is 30.4 Å². The average molecular weight is 412 g/mol. The van der Waals surface area contributed by atoms with E-state index in [-0.39, 0.29) is 6.04 Å². The first-order valence-corrected chi connectivity index (χ1v) is 11.7. The Bertz CT molecular complexity index is 750. The van der Waals surface area contributed by atoms with Gasteiger partial charge in [0.1, 0.15) is 0 Å². The van der Waals surface area contributed by atoms with Gasteiger partial charge in [-0.1, -0.05) is 24.3 Å². The minimum Gasteiger partial charge on any atom is -0.356 e. The zero-order valence-electron chi connectivity index (χ0n) is 18.6. The second-order valence-corrected chi connectivity index (χ2v) is 8.95. The normalized spacial score (nSPS) is 23.9. The highest BCUT2D eigenvalue weighted by Crippen LogP contribution is 2.30. The first-order valence-electron chi connectivity index (χ1n) is 11.7. The van der Waals surface area contributed by atoms with Crippen LogP contribution in [0.25, 0.3) is 0 Å². The fourth-order valence-corrected chi connectivity index (χ4v) is 5.29. The number of carbonyl (C=O) groups is 1. The fraction of sp³-hybridized carbons (Fsp3) is 0.667. The van der Waals surface area contributed by atoms with Crippen molar-refractivity contribution in [2.24, 2.45) is 4.99 Å². The molecular formula is C24H37N5O. The summed E-state index contributed by atoms with van der Waals surface area (Å²) in [5.41, 5.74) is 3.02. The minimum absolute atomic E-state index is 0.0148. The number of hydrogen-bond donors (Lipinski definition) is 1. The van der Waals surface area contributed by atoms with Gasteiger partial charge in [0.15, 0.2) is 5.96 Å². The summed E-state index contributed by atoms with van der Waals surface area (Å²) in [4.78, 5) is 24.0. The third kappa shape index (κ3) is 4.64. The van der Waals surface area contributed by atoms with E-state index < -0.39 is 0 Å². The second-order valence-electron chi connectivity index (χ2n) is 8.95. The van der Waals surface area contributed by atoms with Gasteiger partial charge in [0.2, 0.25) is 5.91 Å². The SMILES string of the molecule is CN=C(NCC1CCCc2ccccc21)N1CCN(C(C)C(=O)N2CCCC2)CC1. The predicted molar refractivity (Wildman–Crippen MR) is 122 cm³/mol. The highest BCUT2D eigenvalue weighted by Gasteiger charge is 2.30. The molecule has 0 radical (unpaired) electrons. The summed E-state index contributed by atoms with van der Waals surface area (Å²) in [5, 5.41) is 3.64. The highest BCUT2D eigenvalue weighted by molar-refractivity contribution is 5.82. The average Bonchev–Trinajstić information content (AvgIpc) is 3.34. The number of benzene rings is 1. The number of rotatable bonds is 4. The summed E-state index contributed by atoms with van der Waals surface area (Å²) >= 11 is 0. The number of nitrogens with zero attached hydrogens (tertiary/aromatic N) is 4. The molecule has 0 bridgehead atoms. The molecular weight excluding hydrogens is 374 g/mol. The summed E-state index contributed by atoms with van der Waals surface area (Å²) in [5.74, 6) is 1.86. The van der Waals surface area contributed by atoms with Crippen molar-refractivity contribution in [2.45, 2.75) is 51.0 Å². The molecule has 3 aliphatic rings. The van der Waals surface area contributed by atoms with Gasteiger partial charge in [-0.25, -0.2) is 0 Å². The molecule has 2 unspecified atom stereocenters. The first-order chi connectivity index (χ1) is 14.7. The smallest absolute Gasteiger partial charge is 0.239 e. The van der Waals surface area contributed by atoms with E-state index in [1.54, 1.807) is 0 Å². The number of aliphatic imine (C=N–C) groups is 1. The minimum atomic E-state index is -0.0148. The van der Waals surface area contributed by atoms with E-state index in [9.17, 15) is 4.79 Å². The number of likely N-dealkylation sites (tertiary alicyclic amines) is 1. The van der Waals surface area contributed by atoms with Crippen molar-refractivity contribution in [1.29, 1.82) is 0 Å². The molecule has 4 rings (SSSR count). The number of aryl methyl sites for hydroxylation is 1. The van der Waals surface area contributed by atoms with Crippen molar-refractivity contribution >= 4 is 11.9 Å². The van der Waals surface area contributed by atoms with Crippen LogP contribution in [0.4, 0.5) is 0 Å². The van der Waals surface area contributed by atoms with Crippen molar-refractivity contribution < 1.29 is 4.79 Å². The van der Waals surface area contributed by atoms with Crippen LogP contribution in [0.2, 0.25) is 0 Å². The molecule has 0 aromatic heterocycles. The van der Waals surface area contributed by atoms with Gasteiger partial charge in [0, 0.05) is 58.8 Å². The van der Waals surface area contributed by atoms with Crippen LogP contribution in [0.15, 0.2) is 29.3 Å². The molecule has 1 aromatic rings. The molecule has 6 heteroatoms. The van der Waals surface area contributed by atoms with Gasteiger partial charge in [-0.2, -0.15) is 0 Å². The number of guanidine groups is 1. The summed E-state index contributed by atoms with van der Waals surface area (Å²) < 4.78 is 0. The third-order valence-electron chi connectivity index (χ3n) is 7.15. The zero-order chi connectivity index (χ0) is 20.9. The molecule has 164 valence electrons. The molecule has 1 aromatic carbocycles. The molecule has 2 atom stereocenters. The van der Waals surface area contributed by atoms with Crippen molar-refractivity contribution in [3.63, 3.8) is 0 Å². The second kappa shape index (κ2) is 9.82. The molecule has 1 N–H and O–H groups in total. The number of nitrogens with one attached hydrogen (secondary N) is 1. The number of fused-ring (bicyclic) bond motifs is 1. The Hall–Kier alpha value is -2.08. The van der Waals surface area contributed by atoms with Gasteiger partial charge in [0.05, 0.1) is 6.04 Å². The lowest BCUT2D eigenvalue weighted by molar-refractivity contribution is -0.135. The Morgan fingerprint density at radius 2 is 1.80 bits per heavy atom. The van der Waals surface area contributed by atoms with Crippen molar-refractivity contribution in [1.82, 2.24) is 20.0 Å². The Labute approximate surface area is 181 Å². The van der Waals surface area contributed by atoms with E-state index in [2.05, 4.69) is 51.3 Å². The maximum Gasteiger partial charge on any atom is 0.239 e. The molecule has 2 saturated heterocycles. The van der Waals surface area contributed by atoms with Crippen LogP contribution in [0.5, 0.6) is 0 Å². The van der Waals surface area contributed by atoms with E-state index in [0.29, 0.717) is 11.8 Å². The molecule has 1 aliphatic carbocycles. The summed E-state index contributed by atoms with van der Waals surface area (Å²) in [7, 11) is 1.88. The summed E-state index contributed by atoms with van der Waals surface area (Å²) in [6, 6.07) is 8.87. The maximum absolute atomic E-state index is 12.7. The highest BCUT2D eigenvalue weighted by atomic mass is 16.2. The van der Waals surface area contributed by atoms with Gasteiger partial charge in [-0.15, -0.1) is 0 Å². The predicted octanol–water partition coefficient (Wildman–Crippen LogP) is 2.31. The topological polar surface area (TPSA) is 51.2 Å². The summed E-state index contributed by atoms with van der Waals surface area (Å²) in [6.07, 6.45) is 6.02. The number of piperazine rings is 1. The Morgan fingerprint density at radius 1 is 1.07 bits per heavy atom. The van der Waals surface area contributed by atoms with Gasteiger partial charge in [-0.3, -0.25) is 14.7 Å². The monoisotopic (exact) mass is 411 g/mol. The Balaban J connectivity index is 1.28. The van der Waals surface area contributed by atoms with Gasteiger partial charge < -0.3 is 15.1 Å². The first kappa shape index (κ1) is 21.2. The molecule has 2 fully saturated rings. The summed E-state index contributed by atoms with van der Waals surface area (Å²) in [6.45, 7) is 8.53. The molecule has 30 heavy (non-hydrogen) atoms. The Kier molecular flexibility index (Phi) is 6.93. The van der Waals surface area contributed by atoms with Crippen LogP contribution in [0.1, 0.15) is 49.7 Å². The van der Waals surface area contributed by atoms with Crippen molar-refractivity contribution in [3.05, 3.63) is 35.4 Å². The largest absolute Gasteiger partial charge is 0.356 e. The number of carbonyl (C=O) groups excluding carboxylic acids is 1. The molecule has 1 amide bonds. The number of amides is 1. The van der Waals surface area contributed by atoms with E-state index in [0.717, 1.165) is 64.6 Å². The number of hydrogen-bond acceptors (Lipinski definition) is 3. The molecule has 0 saturated carbocycles. The van der Waals surface area contributed by atoms with Crippen LogP contribution >= 0.6 is 0 Å². The zero-order valence-corrected chi connectivity index (χ0v) is 18.6. The van der Waals surface area contributed by atoms with E-state index in [1.807, 2.05) is 11.9 Å². The lowest BCUT2D eigenvalue weighted by atomic mass is 9.83. The molecule has 2 aliphatic heterocycles. The van der Waals surface area contributed by atoms with Crippen LogP contribution in [-0.2, 0) is 11.2 Å². The lowest BCUT2D eigenvalue weighted by Gasteiger charge is -2.40. The van der Waals surface area contributed by atoms with Crippen LogP contribution < -0.4 is 5.32 Å². The van der Waals surface area contributed by atoms with Crippen LogP contribution in [-0.4, -0.2) is 85.5 Å². The van der Waals surface area contributed by atoms with E-state index in [4.69, 9.17) is 0 Å². The molecule has 0 spiro atoms. The van der Waals surface area contributed by atoms with Crippen LogP contribution in [0.3, 0.4) is 0 Å².